The van der Waals surface area contributed by atoms with Crippen molar-refractivity contribution in [3.05, 3.63) is 47.9 Å². The van der Waals surface area contributed by atoms with E-state index in [9.17, 15) is 0 Å². The monoisotopic (exact) mass is 287 g/mol. The third kappa shape index (κ3) is 2.02. The number of hydrogen-bond acceptors (Lipinski definition) is 3. The first-order valence-electron chi connectivity index (χ1n) is 6.28. The Bertz CT molecular complexity index is 767. The van der Waals surface area contributed by atoms with Crippen molar-refractivity contribution in [3.63, 3.8) is 0 Å². The van der Waals surface area contributed by atoms with Crippen molar-refractivity contribution in [2.24, 2.45) is 0 Å². The minimum Gasteiger partial charge on any atom is -0.497 e. The zero-order chi connectivity index (χ0) is 14.1. The Morgan fingerprint density at radius 1 is 1.30 bits per heavy atom. The van der Waals surface area contributed by atoms with Gasteiger partial charge in [0.1, 0.15) is 17.1 Å². The molecular formula is C15H14ClN3O. The molecule has 0 spiro atoms. The third-order valence-corrected chi connectivity index (χ3v) is 3.49. The van der Waals surface area contributed by atoms with Crippen LogP contribution in [0, 0.1) is 6.92 Å². The van der Waals surface area contributed by atoms with E-state index in [1.165, 1.54) is 0 Å². The SMILES string of the molecule is COc1cccc(-n2c(CCl)nc3c(C)ccnc32)c1. The lowest BCUT2D eigenvalue weighted by Crippen LogP contribution is -2.00. The maximum absolute atomic E-state index is 6.04. The molecule has 20 heavy (non-hydrogen) atoms. The van der Waals surface area contributed by atoms with Crippen molar-refractivity contribution >= 4 is 22.8 Å². The highest BCUT2D eigenvalue weighted by Gasteiger charge is 2.14. The van der Waals surface area contributed by atoms with Crippen LogP contribution in [-0.2, 0) is 5.88 Å². The van der Waals surface area contributed by atoms with Crippen LogP contribution >= 0.6 is 11.6 Å². The van der Waals surface area contributed by atoms with Crippen molar-refractivity contribution in [1.29, 1.82) is 0 Å². The van der Waals surface area contributed by atoms with E-state index in [1.54, 1.807) is 13.3 Å². The minimum atomic E-state index is 0.326. The number of ether oxygens (including phenoxy) is 1. The average Bonchev–Trinajstić information content (AvgIpc) is 2.87. The number of methoxy groups -OCH3 is 1. The number of hydrogen-bond donors (Lipinski definition) is 0. The van der Waals surface area contributed by atoms with Gasteiger partial charge in [0, 0.05) is 12.3 Å². The van der Waals surface area contributed by atoms with Gasteiger partial charge in [-0.3, -0.25) is 4.57 Å². The maximum Gasteiger partial charge on any atom is 0.164 e. The van der Waals surface area contributed by atoms with Gasteiger partial charge in [-0.15, -0.1) is 11.6 Å². The molecule has 5 heteroatoms. The molecule has 0 aliphatic carbocycles. The average molecular weight is 288 g/mol. The number of benzene rings is 1. The molecule has 102 valence electrons. The number of imidazole rings is 1. The Morgan fingerprint density at radius 3 is 2.90 bits per heavy atom. The van der Waals surface area contributed by atoms with Gasteiger partial charge in [-0.1, -0.05) is 6.07 Å². The molecule has 0 amide bonds. The summed E-state index contributed by atoms with van der Waals surface area (Å²) in [6.07, 6.45) is 1.79. The van der Waals surface area contributed by atoms with Crippen LogP contribution < -0.4 is 4.74 Å². The topological polar surface area (TPSA) is 39.9 Å². The number of fused-ring (bicyclic) bond motifs is 1. The van der Waals surface area contributed by atoms with E-state index in [0.717, 1.165) is 34.0 Å². The molecule has 0 unspecified atom stereocenters. The molecule has 0 atom stereocenters. The van der Waals surface area contributed by atoms with Crippen molar-refractivity contribution in [2.75, 3.05) is 7.11 Å². The Hall–Kier alpha value is -2.07. The lowest BCUT2D eigenvalue weighted by molar-refractivity contribution is 0.414. The second-order valence-corrected chi connectivity index (χ2v) is 4.77. The Labute approximate surface area is 122 Å². The number of aromatic nitrogens is 3. The molecule has 4 nitrogen and oxygen atoms in total. The van der Waals surface area contributed by atoms with Gasteiger partial charge in [0.25, 0.3) is 0 Å². The van der Waals surface area contributed by atoms with Crippen LogP contribution in [0.4, 0.5) is 0 Å². The lowest BCUT2D eigenvalue weighted by Gasteiger charge is -2.08. The van der Waals surface area contributed by atoms with Gasteiger partial charge in [-0.2, -0.15) is 0 Å². The van der Waals surface area contributed by atoms with Gasteiger partial charge in [-0.05, 0) is 30.7 Å². The van der Waals surface area contributed by atoms with Crippen LogP contribution in [0.3, 0.4) is 0 Å². The number of alkyl halides is 1. The fourth-order valence-electron chi connectivity index (χ4n) is 2.25. The summed E-state index contributed by atoms with van der Waals surface area (Å²) in [7, 11) is 1.65. The van der Waals surface area contributed by atoms with Gasteiger partial charge in [0.2, 0.25) is 0 Å². The number of halogens is 1. The molecule has 0 fully saturated rings. The third-order valence-electron chi connectivity index (χ3n) is 3.25. The van der Waals surface area contributed by atoms with Gasteiger partial charge >= 0.3 is 0 Å². The van der Waals surface area contributed by atoms with E-state index in [4.69, 9.17) is 16.3 Å². The first-order valence-corrected chi connectivity index (χ1v) is 6.81. The zero-order valence-corrected chi connectivity index (χ0v) is 12.1. The van der Waals surface area contributed by atoms with Crippen molar-refractivity contribution < 1.29 is 4.74 Å². The fourth-order valence-corrected chi connectivity index (χ4v) is 2.43. The summed E-state index contributed by atoms with van der Waals surface area (Å²) < 4.78 is 7.25. The Kier molecular flexibility index (Phi) is 3.32. The molecule has 0 bridgehead atoms. The van der Waals surface area contributed by atoms with Crippen LogP contribution in [-0.4, -0.2) is 21.6 Å². The summed E-state index contributed by atoms with van der Waals surface area (Å²) in [5.74, 6) is 1.89. The first kappa shape index (κ1) is 12.9. The van der Waals surface area contributed by atoms with Crippen molar-refractivity contribution in [3.8, 4) is 11.4 Å². The Balaban J connectivity index is 2.31. The van der Waals surface area contributed by atoms with Gasteiger partial charge in [0.05, 0.1) is 18.7 Å². The predicted octanol–water partition coefficient (Wildman–Crippen LogP) is 3.48. The van der Waals surface area contributed by atoms with Gasteiger partial charge in [-0.25, -0.2) is 9.97 Å². The molecule has 2 heterocycles. The summed E-state index contributed by atoms with van der Waals surface area (Å²) in [5.41, 5.74) is 3.73. The highest BCUT2D eigenvalue weighted by molar-refractivity contribution is 6.17. The van der Waals surface area contributed by atoms with Crippen LogP contribution in [0.25, 0.3) is 16.9 Å². The maximum atomic E-state index is 6.04. The van der Waals surface area contributed by atoms with E-state index >= 15 is 0 Å². The van der Waals surface area contributed by atoms with E-state index in [-0.39, 0.29) is 0 Å². The molecule has 0 saturated heterocycles. The molecule has 0 N–H and O–H groups in total. The summed E-state index contributed by atoms with van der Waals surface area (Å²) in [4.78, 5) is 9.03. The van der Waals surface area contributed by atoms with Crippen LogP contribution in [0.2, 0.25) is 0 Å². The highest BCUT2D eigenvalue weighted by atomic mass is 35.5. The van der Waals surface area contributed by atoms with Crippen LogP contribution in [0.5, 0.6) is 5.75 Å². The smallest absolute Gasteiger partial charge is 0.164 e. The lowest BCUT2D eigenvalue weighted by atomic mass is 10.2. The summed E-state index contributed by atoms with van der Waals surface area (Å²) in [6.45, 7) is 2.02. The van der Waals surface area contributed by atoms with Crippen LogP contribution in [0.15, 0.2) is 36.5 Å². The normalized spacial score (nSPS) is 10.9. The molecule has 0 aliphatic heterocycles. The summed E-state index contributed by atoms with van der Waals surface area (Å²) >= 11 is 6.04. The fraction of sp³-hybridized carbons (Fsp3) is 0.200. The van der Waals surface area contributed by atoms with Crippen molar-refractivity contribution in [1.82, 2.24) is 14.5 Å². The molecule has 2 aromatic heterocycles. The molecule has 0 saturated carbocycles. The molecule has 0 aliphatic rings. The minimum absolute atomic E-state index is 0.326. The standard InChI is InChI=1S/C15H14ClN3O/c1-10-6-7-17-15-14(10)18-13(9-16)19(15)11-4-3-5-12(8-11)20-2/h3-8H,9H2,1-2H3. The number of nitrogens with zero attached hydrogens (tertiary/aromatic N) is 3. The van der Waals surface area contributed by atoms with E-state index in [1.807, 2.05) is 41.8 Å². The van der Waals surface area contributed by atoms with E-state index in [2.05, 4.69) is 9.97 Å². The number of pyridine rings is 1. The molecule has 3 aromatic rings. The van der Waals surface area contributed by atoms with E-state index < -0.39 is 0 Å². The first-order chi connectivity index (χ1) is 9.74. The summed E-state index contributed by atoms with van der Waals surface area (Å²) in [5, 5.41) is 0. The number of rotatable bonds is 3. The molecule has 1 aromatic carbocycles. The number of aryl methyl sites for hydroxylation is 1. The summed E-state index contributed by atoms with van der Waals surface area (Å²) in [6, 6.07) is 9.73. The van der Waals surface area contributed by atoms with Crippen molar-refractivity contribution in [2.45, 2.75) is 12.8 Å². The quantitative estimate of drug-likeness (QED) is 0.693. The zero-order valence-electron chi connectivity index (χ0n) is 11.3. The molecular weight excluding hydrogens is 274 g/mol. The molecule has 0 radical (unpaired) electrons. The largest absolute Gasteiger partial charge is 0.497 e. The van der Waals surface area contributed by atoms with Gasteiger partial charge < -0.3 is 4.74 Å². The van der Waals surface area contributed by atoms with Crippen LogP contribution in [0.1, 0.15) is 11.4 Å². The predicted molar refractivity (Wildman–Crippen MR) is 79.7 cm³/mol. The van der Waals surface area contributed by atoms with E-state index in [0.29, 0.717) is 5.88 Å². The van der Waals surface area contributed by atoms with Gasteiger partial charge in [0.15, 0.2) is 5.65 Å². The molecule has 3 rings (SSSR count). The highest BCUT2D eigenvalue weighted by Crippen LogP contribution is 2.25. The Morgan fingerprint density at radius 2 is 2.15 bits per heavy atom. The second-order valence-electron chi connectivity index (χ2n) is 4.50. The second kappa shape index (κ2) is 5.13.